The van der Waals surface area contributed by atoms with Gasteiger partial charge in [-0.3, -0.25) is 9.59 Å². The van der Waals surface area contributed by atoms with Crippen molar-refractivity contribution in [3.8, 4) is 5.75 Å². The Balaban J connectivity index is 1.09. The first kappa shape index (κ1) is 40.7. The molecule has 0 amide bonds. The van der Waals surface area contributed by atoms with Gasteiger partial charge in [-0.25, -0.2) is 0 Å². The number of rotatable bonds is 10. The van der Waals surface area contributed by atoms with Crippen LogP contribution in [0.3, 0.4) is 0 Å². The minimum atomic E-state index is -0.674. The first-order chi connectivity index (χ1) is 26.8. The van der Waals surface area contributed by atoms with Crippen LogP contribution in [0.2, 0.25) is 0 Å². The highest BCUT2D eigenvalue weighted by Crippen LogP contribution is 2.75. The van der Waals surface area contributed by atoms with Gasteiger partial charge in [0.15, 0.2) is 5.78 Å². The molecule has 0 spiro atoms. The quantitative estimate of drug-likeness (QED) is 0.120. The Bertz CT molecular complexity index is 1960. The van der Waals surface area contributed by atoms with E-state index in [2.05, 4.69) is 65.9 Å². The van der Waals surface area contributed by atoms with Crippen LogP contribution in [0, 0.1) is 45.3 Å². The van der Waals surface area contributed by atoms with E-state index in [1.165, 1.54) is 11.1 Å². The van der Waals surface area contributed by atoms with Crippen LogP contribution in [-0.2, 0) is 14.3 Å². The lowest BCUT2D eigenvalue weighted by Crippen LogP contribution is -2.69. The van der Waals surface area contributed by atoms with Gasteiger partial charge in [-0.2, -0.15) is 0 Å². The van der Waals surface area contributed by atoms with Gasteiger partial charge in [0.25, 0.3) is 0 Å². The van der Waals surface area contributed by atoms with E-state index in [4.69, 9.17) is 10.5 Å². The topological polar surface area (TPSA) is 145 Å². The zero-order chi connectivity index (χ0) is 41.0. The smallest absolute Gasteiger partial charge is 0.159 e. The van der Waals surface area contributed by atoms with Crippen molar-refractivity contribution in [1.29, 1.82) is 0 Å². The van der Waals surface area contributed by atoms with Crippen LogP contribution >= 0.6 is 0 Å². The third kappa shape index (κ3) is 6.28. The van der Waals surface area contributed by atoms with Gasteiger partial charge in [-0.15, -0.1) is 0 Å². The number of aromatic hydroxyl groups is 1. The molecule has 8 nitrogen and oxygen atoms in total. The summed E-state index contributed by atoms with van der Waals surface area (Å²) in [7, 11) is 0. The summed E-state index contributed by atoms with van der Waals surface area (Å²) in [5.74, 6) is 1.06. The maximum absolute atomic E-state index is 14.6. The second kappa shape index (κ2) is 14.0. The van der Waals surface area contributed by atoms with Gasteiger partial charge >= 0.3 is 0 Å². The average Bonchev–Trinajstić information content (AvgIpc) is 3.43. The largest absolute Gasteiger partial charge is 0.508 e. The van der Waals surface area contributed by atoms with E-state index in [9.17, 15) is 24.9 Å². The zero-order valence-corrected chi connectivity index (χ0v) is 35.6. The maximum atomic E-state index is 14.6. The molecule has 310 valence electrons. The summed E-state index contributed by atoms with van der Waals surface area (Å²) in [4.78, 5) is 29.1. The van der Waals surface area contributed by atoms with E-state index < -0.39 is 23.2 Å². The number of Topliss-reactive ketones (excluding diaryl/α,β-unsaturated/α-hetero) is 2. The Morgan fingerprint density at radius 2 is 1.65 bits per heavy atom. The Labute approximate surface area is 340 Å². The molecule has 0 unspecified atom stereocenters. The number of nitrogens with two attached hydrogens (primary N) is 1. The molecule has 0 radical (unpaired) electrons. The molecule has 57 heavy (non-hydrogen) atoms. The molecular weight excluding hydrogens is 713 g/mol. The van der Waals surface area contributed by atoms with Gasteiger partial charge in [0.2, 0.25) is 0 Å². The Hall–Kier alpha value is -3.04. The van der Waals surface area contributed by atoms with Gasteiger partial charge in [0, 0.05) is 41.4 Å². The molecule has 4 saturated carbocycles. The van der Waals surface area contributed by atoms with E-state index in [-0.39, 0.29) is 69.4 Å². The number of anilines is 1. The van der Waals surface area contributed by atoms with Crippen LogP contribution in [-0.4, -0.2) is 63.4 Å². The lowest BCUT2D eigenvalue weighted by Gasteiger charge is -2.70. The van der Waals surface area contributed by atoms with E-state index in [1.807, 2.05) is 24.3 Å². The molecule has 1 heterocycles. The van der Waals surface area contributed by atoms with E-state index in [0.717, 1.165) is 55.3 Å². The van der Waals surface area contributed by atoms with Crippen LogP contribution in [0.5, 0.6) is 5.75 Å². The monoisotopic (exact) mass is 781 g/mol. The Kier molecular flexibility index (Phi) is 10.0. The number of nitrogens with one attached hydrogen (secondary N) is 1. The Morgan fingerprint density at radius 3 is 2.35 bits per heavy atom. The number of hydrogen-bond acceptors (Lipinski definition) is 8. The van der Waals surface area contributed by atoms with Crippen LogP contribution < -0.4 is 11.1 Å². The Morgan fingerprint density at radius 1 is 0.930 bits per heavy atom. The number of phenols is 1. The summed E-state index contributed by atoms with van der Waals surface area (Å²) >= 11 is 0. The predicted octanol–water partition coefficient (Wildman–Crippen LogP) is 8.24. The summed E-state index contributed by atoms with van der Waals surface area (Å²) in [5.41, 5.74) is 9.29. The number of fused-ring (bicyclic) bond motifs is 5. The second-order valence-corrected chi connectivity index (χ2v) is 21.1. The highest BCUT2D eigenvalue weighted by molar-refractivity contribution is 6.00. The lowest BCUT2D eigenvalue weighted by atomic mass is 9.34. The molecule has 8 heteroatoms. The number of carbonyl (C=O) groups excluding carboxylic acids is 2. The van der Waals surface area contributed by atoms with Crippen molar-refractivity contribution in [1.82, 2.24) is 5.32 Å². The molecule has 6 aliphatic rings. The minimum Gasteiger partial charge on any atom is -0.508 e. The third-order valence-electron chi connectivity index (χ3n) is 17.3. The minimum absolute atomic E-state index is 0.0224. The molecule has 5 aliphatic carbocycles. The van der Waals surface area contributed by atoms with Crippen LogP contribution in [0.15, 0.2) is 59.7 Å². The number of aliphatic hydroxyl groups excluding tert-OH is 2. The molecular formula is C49H68N2O6. The van der Waals surface area contributed by atoms with E-state index in [1.54, 1.807) is 19.1 Å². The fraction of sp³-hybridized carbons (Fsp3) is 0.673. The number of aliphatic hydroxyl groups is 2. The fourth-order valence-corrected chi connectivity index (χ4v) is 14.9. The number of phenolic OH excluding ortho intramolecular Hbond substituents is 1. The summed E-state index contributed by atoms with van der Waals surface area (Å²) in [6.45, 7) is 17.9. The molecule has 0 bridgehead atoms. The normalized spacial score (nSPS) is 41.3. The van der Waals surface area contributed by atoms with Crippen molar-refractivity contribution < 1.29 is 29.6 Å². The lowest BCUT2D eigenvalue weighted by molar-refractivity contribution is -0.193. The van der Waals surface area contributed by atoms with Gasteiger partial charge < -0.3 is 31.1 Å². The summed E-state index contributed by atoms with van der Waals surface area (Å²) in [6, 6.07) is 15.4. The van der Waals surface area contributed by atoms with E-state index >= 15 is 0 Å². The molecule has 14 atom stereocenters. The number of epoxide rings is 1. The number of ketones is 2. The van der Waals surface area contributed by atoms with Crippen molar-refractivity contribution in [3.05, 3.63) is 70.8 Å². The number of nitrogen functional groups attached to an aromatic ring is 1. The highest BCUT2D eigenvalue weighted by Gasteiger charge is 2.71. The van der Waals surface area contributed by atoms with Crippen molar-refractivity contribution >= 4 is 17.3 Å². The average molecular weight is 781 g/mol. The summed E-state index contributed by atoms with van der Waals surface area (Å²) in [6.07, 6.45) is 5.99. The van der Waals surface area contributed by atoms with Gasteiger partial charge in [0.05, 0.1) is 17.8 Å². The van der Waals surface area contributed by atoms with Crippen LogP contribution in [0.25, 0.3) is 0 Å². The van der Waals surface area contributed by atoms with Crippen molar-refractivity contribution in [2.24, 2.45) is 45.3 Å². The summed E-state index contributed by atoms with van der Waals surface area (Å²) < 4.78 is 6.48. The molecule has 1 aliphatic heterocycles. The maximum Gasteiger partial charge on any atom is 0.159 e. The fourth-order valence-electron chi connectivity index (χ4n) is 14.9. The molecule has 6 N–H and O–H groups in total. The van der Waals surface area contributed by atoms with Gasteiger partial charge in [0.1, 0.15) is 17.6 Å². The SMILES string of the molecule is C[C@H](O)CN[C@@H]1C[C@@]2(C)[C@@H](CCC3=C([C@H](C)C[C@@H](O)[C@@H]4O[C@]4(C)[C@@H]4CCC[C@@H]4c4cccc(N)c4)C(=O)C[C@@]32C)[C@@]2(C)C[C@H](c3cccc(O)c3)C(=O)C(C)(C)[C@H]12. The number of ether oxygens (including phenoxy) is 1. The van der Waals surface area contributed by atoms with Crippen molar-refractivity contribution in [2.45, 2.75) is 155 Å². The van der Waals surface area contributed by atoms with Gasteiger partial charge in [-0.1, -0.05) is 77.8 Å². The van der Waals surface area contributed by atoms with Crippen LogP contribution in [0.1, 0.15) is 136 Å². The molecule has 2 aromatic carbocycles. The molecule has 0 aromatic heterocycles. The summed E-state index contributed by atoms with van der Waals surface area (Å²) in [5, 5.41) is 36.7. The molecule has 1 saturated heterocycles. The first-order valence-corrected chi connectivity index (χ1v) is 22.0. The first-order valence-electron chi connectivity index (χ1n) is 22.0. The predicted molar refractivity (Wildman–Crippen MR) is 224 cm³/mol. The molecule has 2 aromatic rings. The molecule has 5 fully saturated rings. The second-order valence-electron chi connectivity index (χ2n) is 21.1. The van der Waals surface area contributed by atoms with Gasteiger partial charge in [-0.05, 0) is 140 Å². The number of hydrogen-bond donors (Lipinski definition) is 5. The van der Waals surface area contributed by atoms with Crippen molar-refractivity contribution in [2.75, 3.05) is 12.3 Å². The van der Waals surface area contributed by atoms with Crippen molar-refractivity contribution in [3.63, 3.8) is 0 Å². The number of carbonyl (C=O) groups is 2. The highest BCUT2D eigenvalue weighted by atomic mass is 16.6. The standard InChI is InChI=1S/C49H68N2O6/c1-27(20-38(54)44-49(8,57-44)35-17-11-16-33(35)29-12-9-14-31(50)21-29)41-36-18-19-40-46(5)23-34(30-13-10-15-32(53)22-30)43(56)45(3,4)42(46)37(51-26-28(2)52)24-48(40,7)47(36,6)25-39(41)55/h9-10,12-15,21-22,27-28,33-35,37-38,40,42,44,51-54H,11,16-20,23-26,50H2,1-8H3/t27-,28+,33-,34-,35-,37-,38-,40+,42+,44+,46-,47+,48+,49-/m1/s1. The third-order valence-corrected chi connectivity index (χ3v) is 17.3. The van der Waals surface area contributed by atoms with Crippen LogP contribution in [0.4, 0.5) is 5.69 Å². The van der Waals surface area contributed by atoms with E-state index in [0.29, 0.717) is 37.6 Å². The zero-order valence-electron chi connectivity index (χ0n) is 35.6. The molecule has 8 rings (SSSR count). The number of allylic oxidation sites excluding steroid dienone is 2. The number of benzene rings is 2.